The summed E-state index contributed by atoms with van der Waals surface area (Å²) in [6.45, 7) is 18.9. The standard InChI is InChI=1S/C32H50O3/c1-21(34)35-26-12-13-29(6)24(28(26,4)5)11-14-31(8)25(29)10-9-22-23-19-27(2,3)15-17-32(23,20-33)18-16-30(22,31)7/h9,20,23-26H,10-19H2,1-8H3/t23-,24?,25-,26+,29+,30-,31-,32-/m1/s1. The number of esters is 1. The number of ether oxygens (including phenoxy) is 1. The maximum Gasteiger partial charge on any atom is 0.302 e. The fourth-order valence-electron chi connectivity index (χ4n) is 10.9. The normalized spacial score (nSPS) is 49.9. The molecule has 0 aromatic carbocycles. The Balaban J connectivity index is 1.54. The van der Waals surface area contributed by atoms with Crippen LogP contribution in [0.1, 0.15) is 120 Å². The summed E-state index contributed by atoms with van der Waals surface area (Å²) in [6, 6.07) is 0. The first-order chi connectivity index (χ1) is 16.2. The smallest absolute Gasteiger partial charge is 0.302 e. The largest absolute Gasteiger partial charge is 0.462 e. The van der Waals surface area contributed by atoms with Gasteiger partial charge in [0.25, 0.3) is 0 Å². The van der Waals surface area contributed by atoms with Gasteiger partial charge in [0, 0.05) is 17.8 Å². The molecule has 0 saturated heterocycles. The predicted molar refractivity (Wildman–Crippen MR) is 141 cm³/mol. The third kappa shape index (κ3) is 3.34. The highest BCUT2D eigenvalue weighted by atomic mass is 16.5. The Hall–Kier alpha value is -1.12. The van der Waals surface area contributed by atoms with Crippen molar-refractivity contribution in [1.82, 2.24) is 0 Å². The van der Waals surface area contributed by atoms with Crippen molar-refractivity contribution in [2.45, 2.75) is 126 Å². The van der Waals surface area contributed by atoms with E-state index in [1.165, 1.54) is 25.5 Å². The van der Waals surface area contributed by atoms with Gasteiger partial charge in [-0.15, -0.1) is 0 Å². The van der Waals surface area contributed by atoms with E-state index in [1.807, 2.05) is 0 Å². The molecule has 0 aromatic rings. The van der Waals surface area contributed by atoms with E-state index in [2.05, 4.69) is 54.5 Å². The summed E-state index contributed by atoms with van der Waals surface area (Å²) in [6.07, 6.45) is 15.4. The van der Waals surface area contributed by atoms with Crippen molar-refractivity contribution in [3.63, 3.8) is 0 Å². The molecule has 3 heteroatoms. The van der Waals surface area contributed by atoms with Crippen LogP contribution < -0.4 is 0 Å². The van der Waals surface area contributed by atoms with E-state index in [9.17, 15) is 9.59 Å². The van der Waals surface area contributed by atoms with Gasteiger partial charge in [-0.2, -0.15) is 0 Å². The summed E-state index contributed by atoms with van der Waals surface area (Å²) in [5.41, 5.74) is 2.51. The highest BCUT2D eigenvalue weighted by molar-refractivity contribution is 5.66. The zero-order chi connectivity index (χ0) is 25.7. The Bertz CT molecular complexity index is 944. The second-order valence-electron chi connectivity index (χ2n) is 15.5. The quantitative estimate of drug-likeness (QED) is 0.228. The zero-order valence-electron chi connectivity index (χ0n) is 23.8. The van der Waals surface area contributed by atoms with Gasteiger partial charge in [0.2, 0.25) is 0 Å². The van der Waals surface area contributed by atoms with E-state index in [0.29, 0.717) is 23.2 Å². The van der Waals surface area contributed by atoms with Gasteiger partial charge in [0.05, 0.1) is 0 Å². The second-order valence-corrected chi connectivity index (χ2v) is 15.5. The Morgan fingerprint density at radius 3 is 2.26 bits per heavy atom. The first-order valence-electron chi connectivity index (χ1n) is 14.5. The Labute approximate surface area is 214 Å². The molecule has 0 heterocycles. The lowest BCUT2D eigenvalue weighted by molar-refractivity contribution is -0.211. The molecule has 8 atom stereocenters. The SMILES string of the molecule is CC(=O)O[C@H]1CC[C@@]2(C)C(CC[C@]3(C)[C@@H]2CC=C2[C@H]4CC(C)(C)CC[C@]4(C=O)CC[C@]23C)C1(C)C. The minimum atomic E-state index is -0.138. The van der Waals surface area contributed by atoms with Crippen molar-refractivity contribution in [3.05, 3.63) is 11.6 Å². The Kier molecular flexibility index (Phi) is 5.62. The molecule has 0 bridgehead atoms. The fourth-order valence-corrected chi connectivity index (χ4v) is 10.9. The van der Waals surface area contributed by atoms with E-state index in [1.54, 1.807) is 12.5 Å². The number of aldehydes is 1. The van der Waals surface area contributed by atoms with Crippen LogP contribution in [0.25, 0.3) is 0 Å². The Morgan fingerprint density at radius 2 is 1.60 bits per heavy atom. The molecule has 0 N–H and O–H groups in total. The van der Waals surface area contributed by atoms with E-state index in [4.69, 9.17) is 4.74 Å². The maximum atomic E-state index is 12.6. The van der Waals surface area contributed by atoms with Crippen LogP contribution in [0.5, 0.6) is 0 Å². The second kappa shape index (κ2) is 7.70. The summed E-state index contributed by atoms with van der Waals surface area (Å²) in [5.74, 6) is 1.49. The minimum absolute atomic E-state index is 0.00245. The molecule has 4 fully saturated rings. The maximum absolute atomic E-state index is 12.6. The van der Waals surface area contributed by atoms with Crippen molar-refractivity contribution in [2.24, 2.45) is 50.2 Å². The molecule has 5 aliphatic rings. The van der Waals surface area contributed by atoms with Crippen molar-refractivity contribution >= 4 is 12.3 Å². The van der Waals surface area contributed by atoms with Crippen LogP contribution in [-0.4, -0.2) is 18.4 Å². The molecule has 0 aromatic heterocycles. The average molecular weight is 483 g/mol. The fraction of sp³-hybridized carbons (Fsp3) is 0.875. The van der Waals surface area contributed by atoms with Crippen molar-refractivity contribution in [1.29, 1.82) is 0 Å². The molecule has 0 aliphatic heterocycles. The van der Waals surface area contributed by atoms with Crippen LogP contribution in [0.15, 0.2) is 11.6 Å². The van der Waals surface area contributed by atoms with Gasteiger partial charge in [-0.25, -0.2) is 0 Å². The molecule has 1 unspecified atom stereocenters. The number of carbonyl (C=O) groups is 2. The summed E-state index contributed by atoms with van der Waals surface area (Å²) >= 11 is 0. The zero-order valence-corrected chi connectivity index (χ0v) is 23.8. The summed E-state index contributed by atoms with van der Waals surface area (Å²) < 4.78 is 5.89. The summed E-state index contributed by atoms with van der Waals surface area (Å²) in [4.78, 5) is 24.5. The highest BCUT2D eigenvalue weighted by Gasteiger charge is 2.68. The molecule has 4 saturated carbocycles. The minimum Gasteiger partial charge on any atom is -0.462 e. The van der Waals surface area contributed by atoms with Crippen molar-refractivity contribution in [3.8, 4) is 0 Å². The predicted octanol–water partition coefficient (Wildman–Crippen LogP) is 7.92. The highest BCUT2D eigenvalue weighted by Crippen LogP contribution is 2.75. The molecule has 5 rings (SSSR count). The van der Waals surface area contributed by atoms with Crippen LogP contribution in [0, 0.1) is 50.2 Å². The monoisotopic (exact) mass is 482 g/mol. The molecule has 35 heavy (non-hydrogen) atoms. The van der Waals surface area contributed by atoms with Gasteiger partial charge >= 0.3 is 5.97 Å². The van der Waals surface area contributed by atoms with E-state index < -0.39 is 0 Å². The third-order valence-corrected chi connectivity index (χ3v) is 13.2. The Morgan fingerprint density at radius 1 is 0.914 bits per heavy atom. The van der Waals surface area contributed by atoms with Crippen molar-refractivity contribution < 1.29 is 14.3 Å². The average Bonchev–Trinajstić information content (AvgIpc) is 2.76. The van der Waals surface area contributed by atoms with Crippen LogP contribution in [0.2, 0.25) is 0 Å². The van der Waals surface area contributed by atoms with Crippen LogP contribution >= 0.6 is 0 Å². The number of rotatable bonds is 2. The number of hydrogen-bond acceptors (Lipinski definition) is 3. The lowest BCUT2D eigenvalue weighted by atomic mass is 9.33. The summed E-state index contributed by atoms with van der Waals surface area (Å²) in [7, 11) is 0. The van der Waals surface area contributed by atoms with Crippen LogP contribution in [0.4, 0.5) is 0 Å². The molecule has 196 valence electrons. The van der Waals surface area contributed by atoms with E-state index in [0.717, 1.165) is 44.9 Å². The first kappa shape index (κ1) is 25.5. The number of fused-ring (bicyclic) bond motifs is 7. The first-order valence-corrected chi connectivity index (χ1v) is 14.5. The molecular weight excluding hydrogens is 432 g/mol. The van der Waals surface area contributed by atoms with Crippen LogP contribution in [0.3, 0.4) is 0 Å². The van der Waals surface area contributed by atoms with E-state index >= 15 is 0 Å². The van der Waals surface area contributed by atoms with Gasteiger partial charge < -0.3 is 9.53 Å². The molecule has 0 radical (unpaired) electrons. The third-order valence-electron chi connectivity index (χ3n) is 13.2. The molecule has 5 aliphatic carbocycles. The topological polar surface area (TPSA) is 43.4 Å². The van der Waals surface area contributed by atoms with Crippen molar-refractivity contribution in [2.75, 3.05) is 0 Å². The lowest BCUT2D eigenvalue weighted by Crippen LogP contribution is -2.65. The van der Waals surface area contributed by atoms with Gasteiger partial charge in [-0.3, -0.25) is 4.79 Å². The van der Waals surface area contributed by atoms with Gasteiger partial charge in [-0.05, 0) is 104 Å². The molecular formula is C32H50O3. The number of allylic oxidation sites excluding steroid dienone is 2. The van der Waals surface area contributed by atoms with Gasteiger partial charge in [0.15, 0.2) is 0 Å². The molecule has 3 nitrogen and oxygen atoms in total. The number of carbonyl (C=O) groups excluding carboxylic acids is 2. The number of hydrogen-bond donors (Lipinski definition) is 0. The molecule has 0 spiro atoms. The van der Waals surface area contributed by atoms with Gasteiger partial charge in [-0.1, -0.05) is 60.1 Å². The lowest BCUT2D eigenvalue weighted by Gasteiger charge is -2.71. The van der Waals surface area contributed by atoms with Crippen LogP contribution in [-0.2, 0) is 14.3 Å². The molecule has 0 amide bonds. The van der Waals surface area contributed by atoms with E-state index in [-0.39, 0.29) is 39.1 Å². The summed E-state index contributed by atoms with van der Waals surface area (Å²) in [5, 5.41) is 0. The van der Waals surface area contributed by atoms with Gasteiger partial charge in [0.1, 0.15) is 12.4 Å².